The van der Waals surface area contributed by atoms with E-state index in [1.807, 2.05) is 0 Å². The molecule has 3 fully saturated rings. The SMILES string of the molecule is Cc1ccc(C(=O)[C@H]2CC[C@H]3[C@@H]4CC[C@H]5NC(=O)C=C[C@]5(C)[C@H]4CC[C@]23C)c(C)c1. The number of hydrogen-bond donors (Lipinski definition) is 1. The molecule has 1 amide bonds. The van der Waals surface area contributed by atoms with Crippen LogP contribution in [0.4, 0.5) is 0 Å². The van der Waals surface area contributed by atoms with Gasteiger partial charge in [0.25, 0.3) is 0 Å². The third kappa shape index (κ3) is 2.77. The Labute approximate surface area is 180 Å². The summed E-state index contributed by atoms with van der Waals surface area (Å²) in [5, 5.41) is 3.24. The van der Waals surface area contributed by atoms with Gasteiger partial charge in [-0.2, -0.15) is 0 Å². The lowest BCUT2D eigenvalue weighted by Crippen LogP contribution is -2.59. The van der Waals surface area contributed by atoms with Gasteiger partial charge in [-0.1, -0.05) is 43.7 Å². The molecule has 1 heterocycles. The number of carbonyl (C=O) groups is 2. The van der Waals surface area contributed by atoms with Gasteiger partial charge in [0.15, 0.2) is 5.78 Å². The summed E-state index contributed by atoms with van der Waals surface area (Å²) >= 11 is 0. The number of fused-ring (bicyclic) bond motifs is 5. The number of rotatable bonds is 2. The molecular weight excluding hydrogens is 370 g/mol. The van der Waals surface area contributed by atoms with Crippen molar-refractivity contribution in [1.29, 1.82) is 0 Å². The minimum absolute atomic E-state index is 0.0633. The summed E-state index contributed by atoms with van der Waals surface area (Å²) in [5.74, 6) is 2.50. The normalized spacial score (nSPS) is 42.1. The van der Waals surface area contributed by atoms with Crippen molar-refractivity contribution in [2.45, 2.75) is 72.3 Å². The quantitative estimate of drug-likeness (QED) is 0.670. The van der Waals surface area contributed by atoms with E-state index in [1.54, 1.807) is 6.08 Å². The molecule has 30 heavy (non-hydrogen) atoms. The van der Waals surface area contributed by atoms with Gasteiger partial charge >= 0.3 is 0 Å². The second-order valence-electron chi connectivity index (χ2n) is 11.1. The molecule has 5 rings (SSSR count). The predicted octanol–water partition coefficient (Wildman–Crippen LogP) is 5.40. The Hall–Kier alpha value is -1.90. The van der Waals surface area contributed by atoms with Crippen LogP contribution in [-0.4, -0.2) is 17.7 Å². The van der Waals surface area contributed by atoms with Gasteiger partial charge in [-0.25, -0.2) is 0 Å². The van der Waals surface area contributed by atoms with E-state index >= 15 is 0 Å². The van der Waals surface area contributed by atoms with Gasteiger partial charge in [0.1, 0.15) is 0 Å². The number of Topliss-reactive ketones (excluding diaryl/α,β-unsaturated/α-hetero) is 1. The number of aryl methyl sites for hydroxylation is 2. The van der Waals surface area contributed by atoms with Crippen molar-refractivity contribution in [3.63, 3.8) is 0 Å². The first kappa shape index (κ1) is 20.0. The monoisotopic (exact) mass is 405 g/mol. The highest BCUT2D eigenvalue weighted by Crippen LogP contribution is 2.65. The van der Waals surface area contributed by atoms with Crippen molar-refractivity contribution >= 4 is 11.7 Å². The highest BCUT2D eigenvalue weighted by molar-refractivity contribution is 6.00. The Kier molecular flexibility index (Phi) is 4.54. The first-order valence-corrected chi connectivity index (χ1v) is 11.9. The van der Waals surface area contributed by atoms with Crippen molar-refractivity contribution in [3.05, 3.63) is 47.0 Å². The largest absolute Gasteiger partial charge is 0.349 e. The minimum Gasteiger partial charge on any atom is -0.349 e. The number of nitrogens with one attached hydrogen (secondary N) is 1. The molecule has 0 radical (unpaired) electrons. The maximum absolute atomic E-state index is 13.7. The lowest BCUT2D eigenvalue weighted by atomic mass is 9.47. The second kappa shape index (κ2) is 6.80. The zero-order chi connectivity index (χ0) is 21.3. The second-order valence-corrected chi connectivity index (χ2v) is 11.1. The van der Waals surface area contributed by atoms with Crippen molar-refractivity contribution in [3.8, 4) is 0 Å². The molecule has 4 aliphatic rings. The third-order valence-electron chi connectivity index (χ3n) is 9.65. The van der Waals surface area contributed by atoms with E-state index in [2.05, 4.69) is 57.3 Å². The van der Waals surface area contributed by atoms with Crippen LogP contribution < -0.4 is 5.32 Å². The van der Waals surface area contributed by atoms with Crippen LogP contribution >= 0.6 is 0 Å². The van der Waals surface area contributed by atoms with Gasteiger partial charge in [-0.3, -0.25) is 9.59 Å². The maximum atomic E-state index is 13.7. The fourth-order valence-corrected chi connectivity index (χ4v) is 8.04. The van der Waals surface area contributed by atoms with Crippen LogP contribution in [-0.2, 0) is 4.79 Å². The van der Waals surface area contributed by atoms with Gasteiger partial charge in [0.2, 0.25) is 5.91 Å². The molecule has 0 unspecified atom stereocenters. The van der Waals surface area contributed by atoms with Crippen LogP contribution in [0.2, 0.25) is 0 Å². The Morgan fingerprint density at radius 1 is 1.03 bits per heavy atom. The zero-order valence-electron chi connectivity index (χ0n) is 18.8. The van der Waals surface area contributed by atoms with Gasteiger partial charge in [-0.15, -0.1) is 0 Å². The van der Waals surface area contributed by atoms with Gasteiger partial charge in [0, 0.05) is 22.9 Å². The van der Waals surface area contributed by atoms with E-state index < -0.39 is 0 Å². The Balaban J connectivity index is 1.44. The van der Waals surface area contributed by atoms with Crippen LogP contribution in [0.25, 0.3) is 0 Å². The molecule has 0 spiro atoms. The molecule has 1 aromatic rings. The number of amides is 1. The van der Waals surface area contributed by atoms with Gasteiger partial charge in [-0.05, 0) is 87.2 Å². The van der Waals surface area contributed by atoms with Crippen molar-refractivity contribution in [1.82, 2.24) is 5.32 Å². The van der Waals surface area contributed by atoms with Crippen LogP contribution in [0.5, 0.6) is 0 Å². The topological polar surface area (TPSA) is 46.2 Å². The zero-order valence-corrected chi connectivity index (χ0v) is 18.8. The van der Waals surface area contributed by atoms with Gasteiger partial charge < -0.3 is 5.32 Å². The molecule has 0 saturated heterocycles. The fourth-order valence-electron chi connectivity index (χ4n) is 8.04. The number of carbonyl (C=O) groups excluding carboxylic acids is 2. The molecular formula is C27H35NO2. The molecule has 0 aromatic heterocycles. The molecule has 3 nitrogen and oxygen atoms in total. The van der Waals surface area contributed by atoms with E-state index in [1.165, 1.54) is 24.8 Å². The Morgan fingerprint density at radius 2 is 1.83 bits per heavy atom. The number of hydrogen-bond acceptors (Lipinski definition) is 2. The van der Waals surface area contributed by atoms with Crippen molar-refractivity contribution in [2.24, 2.45) is 34.5 Å². The molecule has 1 aromatic carbocycles. The van der Waals surface area contributed by atoms with Crippen LogP contribution in [0.1, 0.15) is 73.9 Å². The van der Waals surface area contributed by atoms with E-state index in [0.29, 0.717) is 23.5 Å². The standard InChI is InChI=1S/C27H35NO2/c1-16-5-6-18(17(2)15-16)25(30)22-9-8-20-19-7-10-23-27(4,14-12-24(29)28-23)21(19)11-13-26(20,22)3/h5-6,12,14-15,19-23H,7-11,13H2,1-4H3,(H,28,29)/t19-,20-,21-,22+,23+,26-,27+/m0/s1. The smallest absolute Gasteiger partial charge is 0.243 e. The third-order valence-corrected chi connectivity index (χ3v) is 9.65. The molecule has 160 valence electrons. The fraction of sp³-hybridized carbons (Fsp3) is 0.630. The average Bonchev–Trinajstić information content (AvgIpc) is 3.05. The van der Waals surface area contributed by atoms with E-state index in [0.717, 1.165) is 30.4 Å². The minimum atomic E-state index is 0.0633. The van der Waals surface area contributed by atoms with Crippen molar-refractivity contribution in [2.75, 3.05) is 0 Å². The van der Waals surface area contributed by atoms with Crippen molar-refractivity contribution < 1.29 is 9.59 Å². The lowest BCUT2D eigenvalue weighted by Gasteiger charge is -2.58. The van der Waals surface area contributed by atoms with E-state index in [4.69, 9.17) is 0 Å². The summed E-state index contributed by atoms with van der Waals surface area (Å²) in [5.41, 5.74) is 3.45. The predicted molar refractivity (Wildman–Crippen MR) is 119 cm³/mol. The summed E-state index contributed by atoms with van der Waals surface area (Å²) in [4.78, 5) is 25.6. The number of benzene rings is 1. The summed E-state index contributed by atoms with van der Waals surface area (Å²) in [6.07, 6.45) is 10.7. The highest BCUT2D eigenvalue weighted by Gasteiger charge is 2.60. The maximum Gasteiger partial charge on any atom is 0.243 e. The Bertz CT molecular complexity index is 933. The van der Waals surface area contributed by atoms with E-state index in [9.17, 15) is 9.59 Å². The lowest BCUT2D eigenvalue weighted by molar-refractivity contribution is -0.122. The van der Waals surface area contributed by atoms with Crippen LogP contribution in [0.3, 0.4) is 0 Å². The first-order chi connectivity index (χ1) is 14.2. The molecule has 0 bridgehead atoms. The van der Waals surface area contributed by atoms with E-state index in [-0.39, 0.29) is 28.7 Å². The summed E-state index contributed by atoms with van der Waals surface area (Å²) in [6, 6.07) is 6.55. The molecule has 1 aliphatic heterocycles. The van der Waals surface area contributed by atoms with Crippen LogP contribution in [0, 0.1) is 48.3 Å². The summed E-state index contributed by atoms with van der Waals surface area (Å²) in [6.45, 7) is 8.95. The molecule has 3 aliphatic carbocycles. The average molecular weight is 406 g/mol. The summed E-state index contributed by atoms with van der Waals surface area (Å²) in [7, 11) is 0. The molecule has 7 atom stereocenters. The molecule has 3 heteroatoms. The van der Waals surface area contributed by atoms with Crippen LogP contribution in [0.15, 0.2) is 30.4 Å². The van der Waals surface area contributed by atoms with Gasteiger partial charge in [0.05, 0.1) is 0 Å². The molecule has 3 saturated carbocycles. The Morgan fingerprint density at radius 3 is 2.60 bits per heavy atom. The molecule has 1 N–H and O–H groups in total. The summed E-state index contributed by atoms with van der Waals surface area (Å²) < 4.78 is 0. The highest BCUT2D eigenvalue weighted by atomic mass is 16.1. The first-order valence-electron chi connectivity index (χ1n) is 11.9. The number of ketones is 1.